The van der Waals surface area contributed by atoms with Gasteiger partial charge in [0.05, 0.1) is 36.9 Å². The lowest BCUT2D eigenvalue weighted by Gasteiger charge is -2.30. The molecular weight excluding hydrogens is 514 g/mol. The van der Waals surface area contributed by atoms with E-state index in [1.54, 1.807) is 19.1 Å². The number of amides is 1. The van der Waals surface area contributed by atoms with Crippen molar-refractivity contribution in [3.8, 4) is 0 Å². The van der Waals surface area contributed by atoms with Crippen LogP contribution in [0, 0.1) is 6.92 Å². The van der Waals surface area contributed by atoms with Crippen LogP contribution in [0.15, 0.2) is 51.3 Å². The van der Waals surface area contributed by atoms with Crippen LogP contribution in [0.2, 0.25) is 0 Å². The molecule has 1 aromatic carbocycles. The first-order chi connectivity index (χ1) is 18.3. The van der Waals surface area contributed by atoms with Crippen LogP contribution in [-0.2, 0) is 29.1 Å². The zero-order valence-electron chi connectivity index (χ0n) is 21.2. The van der Waals surface area contributed by atoms with E-state index in [9.17, 15) is 23.1 Å². The number of carbonyl (C=O) groups is 2. The number of hydrogen-bond acceptors (Lipinski definition) is 9. The van der Waals surface area contributed by atoms with Gasteiger partial charge in [0.15, 0.2) is 0 Å². The van der Waals surface area contributed by atoms with Crippen LogP contribution in [0.3, 0.4) is 0 Å². The molecule has 38 heavy (non-hydrogen) atoms. The zero-order valence-corrected chi connectivity index (χ0v) is 22.0. The molecule has 3 fully saturated rings. The summed E-state index contributed by atoms with van der Waals surface area (Å²) in [7, 11) is -3.72. The highest BCUT2D eigenvalue weighted by atomic mass is 32.2. The number of furan rings is 1. The van der Waals surface area contributed by atoms with Gasteiger partial charge in [-0.2, -0.15) is 4.31 Å². The molecule has 0 unspecified atom stereocenters. The minimum absolute atomic E-state index is 0.0696. The van der Waals surface area contributed by atoms with E-state index in [4.69, 9.17) is 13.9 Å². The highest BCUT2D eigenvalue weighted by Gasteiger charge is 2.47. The Labute approximate surface area is 221 Å². The van der Waals surface area contributed by atoms with E-state index in [2.05, 4.69) is 4.90 Å². The van der Waals surface area contributed by atoms with Crippen LogP contribution in [-0.4, -0.2) is 105 Å². The van der Waals surface area contributed by atoms with Gasteiger partial charge in [0, 0.05) is 44.8 Å². The third-order valence-corrected chi connectivity index (χ3v) is 8.98. The quantitative estimate of drug-likeness (QED) is 0.311. The van der Waals surface area contributed by atoms with E-state index in [1.165, 1.54) is 33.5 Å². The van der Waals surface area contributed by atoms with Gasteiger partial charge in [0.1, 0.15) is 23.3 Å². The number of morpholine rings is 2. The fraction of sp³-hybridized carbons (Fsp3) is 0.462. The van der Waals surface area contributed by atoms with Gasteiger partial charge >= 0.3 is 0 Å². The van der Waals surface area contributed by atoms with Crippen LogP contribution in [0.4, 0.5) is 0 Å². The Kier molecular flexibility index (Phi) is 7.68. The summed E-state index contributed by atoms with van der Waals surface area (Å²) in [5.41, 5.74) is 0.139. The van der Waals surface area contributed by atoms with Gasteiger partial charge in [-0.3, -0.25) is 14.5 Å². The van der Waals surface area contributed by atoms with Crippen molar-refractivity contribution in [2.75, 3.05) is 65.7 Å². The molecule has 4 heterocycles. The van der Waals surface area contributed by atoms with Gasteiger partial charge in [0.25, 0.3) is 11.7 Å². The number of nitrogens with zero attached hydrogens (tertiary/aromatic N) is 3. The van der Waals surface area contributed by atoms with Crippen molar-refractivity contribution in [2.24, 2.45) is 0 Å². The minimum Gasteiger partial charge on any atom is -0.507 e. The molecule has 1 N–H and O–H groups in total. The first-order valence-electron chi connectivity index (χ1n) is 12.6. The van der Waals surface area contributed by atoms with Gasteiger partial charge in [-0.05, 0) is 43.3 Å². The summed E-state index contributed by atoms with van der Waals surface area (Å²) < 4.78 is 43.7. The van der Waals surface area contributed by atoms with E-state index >= 15 is 0 Å². The van der Waals surface area contributed by atoms with Gasteiger partial charge in [0.2, 0.25) is 10.0 Å². The highest BCUT2D eigenvalue weighted by molar-refractivity contribution is 7.89. The summed E-state index contributed by atoms with van der Waals surface area (Å²) in [5.74, 6) is -0.932. The molecule has 1 atom stereocenters. The molecule has 11 nitrogen and oxygen atoms in total. The number of Topliss-reactive ketones (excluding diaryl/α,β-unsaturated/α-hetero) is 1. The second-order valence-corrected chi connectivity index (χ2v) is 11.4. The second kappa shape index (κ2) is 11.0. The maximum absolute atomic E-state index is 13.2. The molecule has 1 aromatic heterocycles. The highest BCUT2D eigenvalue weighted by Crippen LogP contribution is 2.40. The Balaban J connectivity index is 1.46. The number of carbonyl (C=O) groups excluding carboxylic acids is 2. The van der Waals surface area contributed by atoms with Gasteiger partial charge in [-0.1, -0.05) is 0 Å². The lowest BCUT2D eigenvalue weighted by Crippen LogP contribution is -2.42. The van der Waals surface area contributed by atoms with E-state index in [1.807, 2.05) is 0 Å². The molecule has 0 spiro atoms. The van der Waals surface area contributed by atoms with E-state index in [-0.39, 0.29) is 41.4 Å². The Hall–Kier alpha value is -3.03. The third kappa shape index (κ3) is 5.14. The first-order valence-corrected chi connectivity index (χ1v) is 14.0. The van der Waals surface area contributed by atoms with Crippen LogP contribution >= 0.6 is 0 Å². The molecule has 5 rings (SSSR count). The number of hydrogen-bond donors (Lipinski definition) is 1. The lowest BCUT2D eigenvalue weighted by atomic mass is 9.99. The molecule has 0 radical (unpaired) electrons. The summed E-state index contributed by atoms with van der Waals surface area (Å²) in [6.45, 7) is 6.43. The van der Waals surface area contributed by atoms with Crippen LogP contribution < -0.4 is 0 Å². The number of aliphatic hydroxyl groups excluding tert-OH is 1. The molecule has 2 aromatic rings. The number of likely N-dealkylation sites (tertiary alicyclic amines) is 1. The molecule has 3 aliphatic heterocycles. The first kappa shape index (κ1) is 26.6. The van der Waals surface area contributed by atoms with Crippen molar-refractivity contribution in [2.45, 2.75) is 17.9 Å². The second-order valence-electron chi connectivity index (χ2n) is 9.44. The minimum atomic E-state index is -3.72. The number of aliphatic hydroxyl groups is 1. The molecule has 1 amide bonds. The summed E-state index contributed by atoms with van der Waals surface area (Å²) in [6.07, 6.45) is 0. The molecule has 204 valence electrons. The fourth-order valence-corrected chi connectivity index (χ4v) is 6.37. The van der Waals surface area contributed by atoms with Crippen molar-refractivity contribution < 1.29 is 37.0 Å². The number of aryl methyl sites for hydroxylation is 1. The van der Waals surface area contributed by atoms with Crippen molar-refractivity contribution in [3.63, 3.8) is 0 Å². The van der Waals surface area contributed by atoms with Crippen LogP contribution in [0.5, 0.6) is 0 Å². The average Bonchev–Trinajstić information content (AvgIpc) is 3.48. The van der Waals surface area contributed by atoms with Crippen molar-refractivity contribution in [1.29, 1.82) is 0 Å². The van der Waals surface area contributed by atoms with Crippen molar-refractivity contribution in [1.82, 2.24) is 14.1 Å². The zero-order chi connectivity index (χ0) is 26.9. The molecule has 12 heteroatoms. The Morgan fingerprint density at radius 1 is 0.921 bits per heavy atom. The topological polar surface area (TPSA) is 130 Å². The Morgan fingerprint density at radius 3 is 2.16 bits per heavy atom. The monoisotopic (exact) mass is 545 g/mol. The smallest absolute Gasteiger partial charge is 0.295 e. The molecular formula is C26H31N3O8S. The standard InChI is InChI=1S/C26H31N3O8S/c1-18-2-7-21(37-18)23-22(25(31)26(32)29(23)9-8-27-10-14-35-15-11-27)24(30)19-3-5-20(6-4-19)38(33,34)28-12-16-36-17-13-28/h2-7,23,30H,8-17H2,1H3/t23-/m0/s1. The molecule has 0 saturated carbocycles. The lowest BCUT2D eigenvalue weighted by molar-refractivity contribution is -0.140. The number of sulfonamides is 1. The molecule has 3 saturated heterocycles. The van der Waals surface area contributed by atoms with E-state index in [0.29, 0.717) is 44.5 Å². The maximum Gasteiger partial charge on any atom is 0.295 e. The molecule has 0 aliphatic carbocycles. The van der Waals surface area contributed by atoms with E-state index in [0.717, 1.165) is 13.1 Å². The summed E-state index contributed by atoms with van der Waals surface area (Å²) in [5, 5.41) is 11.3. The van der Waals surface area contributed by atoms with E-state index < -0.39 is 27.8 Å². The number of rotatable bonds is 7. The SMILES string of the molecule is Cc1ccc([C@H]2C(=C(O)c3ccc(S(=O)(=O)N4CCOCC4)cc3)C(=O)C(=O)N2CCN2CCOCC2)o1. The number of ketones is 1. The summed E-state index contributed by atoms with van der Waals surface area (Å²) in [6, 6.07) is 8.19. The van der Waals surface area contributed by atoms with Gasteiger partial charge in [-0.25, -0.2) is 8.42 Å². The van der Waals surface area contributed by atoms with Crippen LogP contribution in [0.25, 0.3) is 5.76 Å². The van der Waals surface area contributed by atoms with Crippen LogP contribution in [0.1, 0.15) is 23.1 Å². The number of ether oxygens (including phenoxy) is 2. The van der Waals surface area contributed by atoms with Gasteiger partial charge < -0.3 is 23.9 Å². The number of benzene rings is 1. The fourth-order valence-electron chi connectivity index (χ4n) is 4.96. The molecule has 3 aliphatic rings. The average molecular weight is 546 g/mol. The summed E-state index contributed by atoms with van der Waals surface area (Å²) in [4.78, 5) is 30.0. The molecule has 0 bridgehead atoms. The van der Waals surface area contributed by atoms with Crippen molar-refractivity contribution >= 4 is 27.5 Å². The maximum atomic E-state index is 13.2. The van der Waals surface area contributed by atoms with Gasteiger partial charge in [-0.15, -0.1) is 0 Å². The normalized spacial score (nSPS) is 23.3. The van der Waals surface area contributed by atoms with Crippen molar-refractivity contribution in [3.05, 3.63) is 59.1 Å². The Bertz CT molecular complexity index is 1320. The predicted molar refractivity (Wildman–Crippen MR) is 136 cm³/mol. The largest absolute Gasteiger partial charge is 0.507 e. The third-order valence-electron chi connectivity index (χ3n) is 7.07. The Morgan fingerprint density at radius 2 is 1.55 bits per heavy atom. The predicted octanol–water partition coefficient (Wildman–Crippen LogP) is 1.36. The summed E-state index contributed by atoms with van der Waals surface area (Å²) >= 11 is 0.